The van der Waals surface area contributed by atoms with Crippen molar-refractivity contribution in [2.45, 2.75) is 31.8 Å². The molecule has 2 aliphatic rings. The molecule has 0 saturated heterocycles. The van der Waals surface area contributed by atoms with Crippen molar-refractivity contribution in [3.63, 3.8) is 0 Å². The average Bonchev–Trinajstić information content (AvgIpc) is 3.24. The zero-order valence-electron chi connectivity index (χ0n) is 11.7. The van der Waals surface area contributed by atoms with Gasteiger partial charge in [0.25, 0.3) is 0 Å². The Kier molecular flexibility index (Phi) is 3.62. The standard InChI is InChI=1S/C15H22N2O2/c1-10-7-14-15(19-6-5-18-14)8-12(10)13(16-2)9-17-11-3-4-11/h7-8,11,13,16-17H,3-6,9H2,1-2H3. The molecule has 1 aliphatic heterocycles. The van der Waals surface area contributed by atoms with Gasteiger partial charge in [0.2, 0.25) is 0 Å². The third-order valence-corrected chi connectivity index (χ3v) is 3.84. The van der Waals surface area contributed by atoms with Gasteiger partial charge in [-0.15, -0.1) is 0 Å². The number of ether oxygens (including phenoxy) is 2. The van der Waals surface area contributed by atoms with E-state index in [1.165, 1.54) is 24.0 Å². The molecule has 0 spiro atoms. The molecule has 1 aliphatic carbocycles. The van der Waals surface area contributed by atoms with Crippen LogP contribution in [0, 0.1) is 6.92 Å². The lowest BCUT2D eigenvalue weighted by molar-refractivity contribution is 0.171. The van der Waals surface area contributed by atoms with Crippen molar-refractivity contribution in [2.75, 3.05) is 26.8 Å². The molecule has 104 valence electrons. The van der Waals surface area contributed by atoms with Crippen molar-refractivity contribution in [1.29, 1.82) is 0 Å². The fraction of sp³-hybridized carbons (Fsp3) is 0.600. The first-order valence-corrected chi connectivity index (χ1v) is 7.08. The first kappa shape index (κ1) is 12.8. The van der Waals surface area contributed by atoms with E-state index in [9.17, 15) is 0 Å². The molecule has 3 rings (SSSR count). The topological polar surface area (TPSA) is 42.5 Å². The quantitative estimate of drug-likeness (QED) is 0.849. The molecule has 2 N–H and O–H groups in total. The fourth-order valence-electron chi connectivity index (χ4n) is 2.52. The third-order valence-electron chi connectivity index (χ3n) is 3.84. The van der Waals surface area contributed by atoms with E-state index in [0.29, 0.717) is 19.3 Å². The van der Waals surface area contributed by atoms with Crippen LogP contribution in [0.5, 0.6) is 11.5 Å². The van der Waals surface area contributed by atoms with Crippen molar-refractivity contribution in [3.8, 4) is 11.5 Å². The van der Waals surface area contributed by atoms with Crippen LogP contribution in [0.1, 0.15) is 30.0 Å². The highest BCUT2D eigenvalue weighted by Crippen LogP contribution is 2.35. The number of nitrogens with one attached hydrogen (secondary N) is 2. The number of hydrogen-bond donors (Lipinski definition) is 2. The van der Waals surface area contributed by atoms with Crippen LogP contribution in [0.25, 0.3) is 0 Å². The molecular weight excluding hydrogens is 240 g/mol. The molecule has 0 aromatic heterocycles. The Morgan fingerprint density at radius 2 is 1.89 bits per heavy atom. The summed E-state index contributed by atoms with van der Waals surface area (Å²) in [5.74, 6) is 1.75. The summed E-state index contributed by atoms with van der Waals surface area (Å²) < 4.78 is 11.3. The summed E-state index contributed by atoms with van der Waals surface area (Å²) in [6.07, 6.45) is 2.63. The smallest absolute Gasteiger partial charge is 0.161 e. The zero-order valence-corrected chi connectivity index (χ0v) is 11.7. The predicted octanol–water partition coefficient (Wildman–Crippen LogP) is 1.78. The highest BCUT2D eigenvalue weighted by atomic mass is 16.6. The molecule has 0 radical (unpaired) electrons. The van der Waals surface area contributed by atoms with E-state index in [1.807, 2.05) is 7.05 Å². The highest BCUT2D eigenvalue weighted by Gasteiger charge is 2.23. The molecule has 4 heteroatoms. The van der Waals surface area contributed by atoms with Gasteiger partial charge in [0.15, 0.2) is 11.5 Å². The van der Waals surface area contributed by atoms with E-state index in [-0.39, 0.29) is 0 Å². The fourth-order valence-corrected chi connectivity index (χ4v) is 2.52. The van der Waals surface area contributed by atoms with Gasteiger partial charge in [0.1, 0.15) is 13.2 Å². The number of likely N-dealkylation sites (N-methyl/N-ethyl adjacent to an activating group) is 1. The van der Waals surface area contributed by atoms with Gasteiger partial charge >= 0.3 is 0 Å². The minimum atomic E-state index is 0.316. The largest absolute Gasteiger partial charge is 0.486 e. The maximum Gasteiger partial charge on any atom is 0.161 e. The normalized spacial score (nSPS) is 19.3. The minimum absolute atomic E-state index is 0.316. The van der Waals surface area contributed by atoms with E-state index in [1.54, 1.807) is 0 Å². The molecule has 0 bridgehead atoms. The maximum absolute atomic E-state index is 5.68. The Hall–Kier alpha value is -1.26. The Balaban J connectivity index is 1.80. The molecule has 0 amide bonds. The van der Waals surface area contributed by atoms with Crippen molar-refractivity contribution in [2.24, 2.45) is 0 Å². The van der Waals surface area contributed by atoms with Crippen LogP contribution in [-0.4, -0.2) is 32.8 Å². The van der Waals surface area contributed by atoms with Crippen LogP contribution in [0.4, 0.5) is 0 Å². The molecule has 1 fully saturated rings. The SMILES string of the molecule is CNC(CNC1CC1)c1cc2c(cc1C)OCCO2. The molecule has 1 aromatic rings. The average molecular weight is 262 g/mol. The number of rotatable bonds is 5. The van der Waals surface area contributed by atoms with Crippen LogP contribution in [0.15, 0.2) is 12.1 Å². The first-order valence-electron chi connectivity index (χ1n) is 7.08. The summed E-state index contributed by atoms with van der Waals surface area (Å²) >= 11 is 0. The number of benzene rings is 1. The summed E-state index contributed by atoms with van der Waals surface area (Å²) in [4.78, 5) is 0. The predicted molar refractivity (Wildman–Crippen MR) is 75.0 cm³/mol. The Bertz CT molecular complexity index is 458. The monoisotopic (exact) mass is 262 g/mol. The van der Waals surface area contributed by atoms with Crippen molar-refractivity contribution in [3.05, 3.63) is 23.3 Å². The van der Waals surface area contributed by atoms with Gasteiger partial charge in [-0.2, -0.15) is 0 Å². The van der Waals surface area contributed by atoms with E-state index in [2.05, 4.69) is 29.7 Å². The van der Waals surface area contributed by atoms with Gasteiger partial charge in [0, 0.05) is 18.6 Å². The molecular formula is C15H22N2O2. The Labute approximate surface area is 114 Å². The lowest BCUT2D eigenvalue weighted by Crippen LogP contribution is -2.31. The second-order valence-electron chi connectivity index (χ2n) is 5.38. The summed E-state index contributed by atoms with van der Waals surface area (Å²) in [7, 11) is 2.01. The summed E-state index contributed by atoms with van der Waals surface area (Å²) in [6, 6.07) is 5.26. The molecule has 1 saturated carbocycles. The number of aryl methyl sites for hydroxylation is 1. The van der Waals surface area contributed by atoms with Gasteiger partial charge < -0.3 is 20.1 Å². The number of hydrogen-bond acceptors (Lipinski definition) is 4. The van der Waals surface area contributed by atoms with Crippen molar-refractivity contribution < 1.29 is 9.47 Å². The second-order valence-corrected chi connectivity index (χ2v) is 5.38. The van der Waals surface area contributed by atoms with Gasteiger partial charge in [-0.3, -0.25) is 0 Å². The van der Waals surface area contributed by atoms with Crippen LogP contribution < -0.4 is 20.1 Å². The van der Waals surface area contributed by atoms with Crippen LogP contribution in [-0.2, 0) is 0 Å². The van der Waals surface area contributed by atoms with Crippen LogP contribution in [0.2, 0.25) is 0 Å². The molecule has 1 unspecified atom stereocenters. The molecule has 19 heavy (non-hydrogen) atoms. The van der Waals surface area contributed by atoms with Gasteiger partial charge in [-0.05, 0) is 50.1 Å². The summed E-state index contributed by atoms with van der Waals surface area (Å²) in [5, 5.41) is 6.97. The van der Waals surface area contributed by atoms with Gasteiger partial charge in [0.05, 0.1) is 0 Å². The third kappa shape index (κ3) is 2.85. The van der Waals surface area contributed by atoms with Crippen LogP contribution in [0.3, 0.4) is 0 Å². The van der Waals surface area contributed by atoms with Crippen molar-refractivity contribution in [1.82, 2.24) is 10.6 Å². The Morgan fingerprint density at radius 1 is 1.21 bits per heavy atom. The molecule has 4 nitrogen and oxygen atoms in total. The van der Waals surface area contributed by atoms with Gasteiger partial charge in [-0.1, -0.05) is 0 Å². The molecule has 1 heterocycles. The lowest BCUT2D eigenvalue weighted by atomic mass is 10.00. The van der Waals surface area contributed by atoms with E-state index in [4.69, 9.17) is 9.47 Å². The van der Waals surface area contributed by atoms with E-state index in [0.717, 1.165) is 24.1 Å². The number of fused-ring (bicyclic) bond motifs is 1. The molecule has 1 atom stereocenters. The Morgan fingerprint density at radius 3 is 2.53 bits per heavy atom. The summed E-state index contributed by atoms with van der Waals surface area (Å²) in [6.45, 7) is 4.38. The molecule has 1 aromatic carbocycles. The second kappa shape index (κ2) is 5.39. The lowest BCUT2D eigenvalue weighted by Gasteiger charge is -2.24. The minimum Gasteiger partial charge on any atom is -0.486 e. The van der Waals surface area contributed by atoms with Gasteiger partial charge in [-0.25, -0.2) is 0 Å². The van der Waals surface area contributed by atoms with E-state index < -0.39 is 0 Å². The van der Waals surface area contributed by atoms with E-state index >= 15 is 0 Å². The summed E-state index contributed by atoms with van der Waals surface area (Å²) in [5.41, 5.74) is 2.54. The maximum atomic E-state index is 5.68. The van der Waals surface area contributed by atoms with Crippen molar-refractivity contribution >= 4 is 0 Å². The van der Waals surface area contributed by atoms with Crippen LogP contribution >= 0.6 is 0 Å². The zero-order chi connectivity index (χ0) is 13.2. The highest BCUT2D eigenvalue weighted by molar-refractivity contribution is 5.48. The first-order chi connectivity index (χ1) is 9.28.